The lowest BCUT2D eigenvalue weighted by molar-refractivity contribution is 0.0910. The number of para-hydroxylation sites is 1. The lowest BCUT2D eigenvalue weighted by Crippen LogP contribution is -2.28. The first kappa shape index (κ1) is 17.3. The summed E-state index contributed by atoms with van der Waals surface area (Å²) in [6.45, 7) is 4.28. The van der Waals surface area contributed by atoms with E-state index in [4.69, 9.17) is 0 Å². The van der Waals surface area contributed by atoms with Crippen molar-refractivity contribution in [3.63, 3.8) is 0 Å². The summed E-state index contributed by atoms with van der Waals surface area (Å²) < 4.78 is 2.20. The number of nitriles is 1. The molecule has 0 N–H and O–H groups in total. The average Bonchev–Trinajstić information content (AvgIpc) is 2.96. The molecule has 0 bridgehead atoms. The predicted molar refractivity (Wildman–Crippen MR) is 107 cm³/mol. The number of Topliss-reactive ketones (excluding diaryl/α,β-unsaturated/α-hetero) is 1. The molecule has 1 heterocycles. The van der Waals surface area contributed by atoms with Crippen LogP contribution in [0.5, 0.6) is 0 Å². The van der Waals surface area contributed by atoms with Gasteiger partial charge in [-0.25, -0.2) is 0 Å². The van der Waals surface area contributed by atoms with Crippen molar-refractivity contribution >= 4 is 5.78 Å². The van der Waals surface area contributed by atoms with E-state index < -0.39 is 0 Å². The van der Waals surface area contributed by atoms with Crippen molar-refractivity contribution in [2.45, 2.75) is 33.1 Å². The van der Waals surface area contributed by atoms with Crippen LogP contribution in [-0.4, -0.2) is 10.4 Å². The molecule has 134 valence electrons. The van der Waals surface area contributed by atoms with Crippen molar-refractivity contribution < 1.29 is 4.79 Å². The molecular formula is C24H22N2O. The summed E-state index contributed by atoms with van der Waals surface area (Å²) in [7, 11) is 0. The van der Waals surface area contributed by atoms with E-state index in [1.54, 1.807) is 0 Å². The molecule has 1 aliphatic carbocycles. The number of carbonyl (C=O) groups excluding carboxylic acids is 1. The lowest BCUT2D eigenvalue weighted by Gasteiger charge is -2.30. The first-order chi connectivity index (χ1) is 13.0. The number of fused-ring (bicyclic) bond motifs is 1. The van der Waals surface area contributed by atoms with Crippen LogP contribution >= 0.6 is 0 Å². The third-order valence-corrected chi connectivity index (χ3v) is 5.25. The highest BCUT2D eigenvalue weighted by atomic mass is 16.1. The number of carbonyl (C=O) groups is 1. The van der Waals surface area contributed by atoms with Gasteiger partial charge in [-0.15, -0.1) is 0 Å². The van der Waals surface area contributed by atoms with E-state index in [9.17, 15) is 10.1 Å². The van der Waals surface area contributed by atoms with Gasteiger partial charge in [-0.3, -0.25) is 4.79 Å². The second kappa shape index (κ2) is 6.55. The molecule has 1 aromatic heterocycles. The fourth-order valence-corrected chi connectivity index (χ4v) is 4.22. The van der Waals surface area contributed by atoms with Gasteiger partial charge >= 0.3 is 0 Å². The van der Waals surface area contributed by atoms with Crippen molar-refractivity contribution in [3.8, 4) is 23.0 Å². The molecule has 0 unspecified atom stereocenters. The largest absolute Gasteiger partial charge is 0.313 e. The molecule has 0 aliphatic heterocycles. The summed E-state index contributed by atoms with van der Waals surface area (Å²) >= 11 is 0. The Labute approximate surface area is 159 Å². The van der Waals surface area contributed by atoms with Gasteiger partial charge < -0.3 is 4.57 Å². The molecule has 0 atom stereocenters. The molecule has 3 nitrogen and oxygen atoms in total. The summed E-state index contributed by atoms with van der Waals surface area (Å²) in [6, 6.07) is 22.5. The smallest absolute Gasteiger partial charge is 0.165 e. The van der Waals surface area contributed by atoms with Crippen LogP contribution in [0.25, 0.3) is 16.9 Å². The number of rotatable bonds is 3. The van der Waals surface area contributed by atoms with Crippen molar-refractivity contribution in [2.75, 3.05) is 0 Å². The van der Waals surface area contributed by atoms with Crippen LogP contribution in [0.15, 0.2) is 60.7 Å². The van der Waals surface area contributed by atoms with Crippen LogP contribution in [0.1, 0.15) is 41.9 Å². The van der Waals surface area contributed by atoms with Gasteiger partial charge in [-0.2, -0.15) is 5.26 Å². The molecule has 0 radical (unpaired) electrons. The Kier molecular flexibility index (Phi) is 4.20. The van der Waals surface area contributed by atoms with Gasteiger partial charge in [0.05, 0.1) is 18.2 Å². The molecule has 0 saturated carbocycles. The number of aromatic nitrogens is 1. The highest BCUT2D eigenvalue weighted by Crippen LogP contribution is 2.43. The van der Waals surface area contributed by atoms with E-state index in [0.717, 1.165) is 40.2 Å². The minimum atomic E-state index is -0.0904. The van der Waals surface area contributed by atoms with Crippen molar-refractivity contribution in [1.29, 1.82) is 5.26 Å². The Morgan fingerprint density at radius 2 is 1.63 bits per heavy atom. The van der Waals surface area contributed by atoms with Gasteiger partial charge in [0.15, 0.2) is 5.78 Å². The van der Waals surface area contributed by atoms with E-state index in [-0.39, 0.29) is 17.6 Å². The molecular weight excluding hydrogens is 332 g/mol. The number of nitrogens with zero attached hydrogens (tertiary/aromatic N) is 2. The minimum absolute atomic E-state index is 0.0904. The fourth-order valence-electron chi connectivity index (χ4n) is 4.22. The van der Waals surface area contributed by atoms with Crippen LogP contribution in [0.2, 0.25) is 0 Å². The Bertz CT molecular complexity index is 1040. The summed E-state index contributed by atoms with van der Waals surface area (Å²) in [4.78, 5) is 13.1. The van der Waals surface area contributed by atoms with Gasteiger partial charge in [0.25, 0.3) is 0 Å². The predicted octanol–water partition coefficient (Wildman–Crippen LogP) is 5.37. The molecule has 0 amide bonds. The monoisotopic (exact) mass is 354 g/mol. The molecule has 4 rings (SSSR count). The van der Waals surface area contributed by atoms with E-state index in [1.807, 2.05) is 36.4 Å². The second-order valence-electron chi connectivity index (χ2n) is 7.96. The van der Waals surface area contributed by atoms with Gasteiger partial charge in [0.1, 0.15) is 0 Å². The lowest BCUT2D eigenvalue weighted by atomic mass is 9.75. The second-order valence-corrected chi connectivity index (χ2v) is 7.96. The number of hydrogen-bond donors (Lipinski definition) is 0. The standard InChI is InChI=1S/C24H22N2O/c1-24(2)15-20-22(21(27)16-24)19(13-14-25)23(17-9-5-3-6-10-17)26(20)18-11-7-4-8-12-18/h3-12H,13,15-16H2,1-2H3. The highest BCUT2D eigenvalue weighted by Gasteiger charge is 2.37. The van der Waals surface area contributed by atoms with Crippen molar-refractivity contribution in [1.82, 2.24) is 4.57 Å². The van der Waals surface area contributed by atoms with E-state index in [1.165, 1.54) is 0 Å². The maximum atomic E-state index is 13.1. The zero-order valence-corrected chi connectivity index (χ0v) is 15.7. The molecule has 0 saturated heterocycles. The van der Waals surface area contributed by atoms with Crippen LogP contribution in [0.4, 0.5) is 0 Å². The summed E-state index contributed by atoms with van der Waals surface area (Å²) in [6.07, 6.45) is 1.57. The SMILES string of the molecule is CC1(C)CC(=O)c2c(CC#N)c(-c3ccccc3)n(-c3ccccc3)c2C1. The van der Waals surface area contributed by atoms with Crippen LogP contribution < -0.4 is 0 Å². The molecule has 27 heavy (non-hydrogen) atoms. The van der Waals surface area contributed by atoms with Crippen LogP contribution in [-0.2, 0) is 12.8 Å². The van der Waals surface area contributed by atoms with Gasteiger partial charge in [-0.1, -0.05) is 62.4 Å². The maximum absolute atomic E-state index is 13.1. The Balaban J connectivity index is 2.11. The van der Waals surface area contributed by atoms with Gasteiger partial charge in [0, 0.05) is 28.9 Å². The maximum Gasteiger partial charge on any atom is 0.165 e. The Hall–Kier alpha value is -3.12. The number of ketones is 1. The van der Waals surface area contributed by atoms with E-state index in [2.05, 4.69) is 48.7 Å². The van der Waals surface area contributed by atoms with Crippen molar-refractivity contribution in [2.24, 2.45) is 5.41 Å². The molecule has 3 heteroatoms. The van der Waals surface area contributed by atoms with Crippen molar-refractivity contribution in [3.05, 3.63) is 77.5 Å². The summed E-state index contributed by atoms with van der Waals surface area (Å²) in [5.74, 6) is 0.151. The summed E-state index contributed by atoms with van der Waals surface area (Å²) in [5.41, 5.74) is 5.61. The summed E-state index contributed by atoms with van der Waals surface area (Å²) in [5, 5.41) is 9.49. The van der Waals surface area contributed by atoms with E-state index >= 15 is 0 Å². The first-order valence-corrected chi connectivity index (χ1v) is 9.29. The van der Waals surface area contributed by atoms with E-state index in [0.29, 0.717) is 6.42 Å². The third-order valence-electron chi connectivity index (χ3n) is 5.25. The Morgan fingerprint density at radius 3 is 2.26 bits per heavy atom. The topological polar surface area (TPSA) is 45.8 Å². The fraction of sp³-hybridized carbons (Fsp3) is 0.250. The molecule has 2 aromatic carbocycles. The van der Waals surface area contributed by atoms with Gasteiger partial charge in [0.2, 0.25) is 0 Å². The molecule has 3 aromatic rings. The first-order valence-electron chi connectivity index (χ1n) is 9.29. The Morgan fingerprint density at radius 1 is 1.00 bits per heavy atom. The zero-order valence-electron chi connectivity index (χ0n) is 15.7. The number of hydrogen-bond acceptors (Lipinski definition) is 2. The quantitative estimate of drug-likeness (QED) is 0.635. The molecule has 0 spiro atoms. The zero-order chi connectivity index (χ0) is 19.0. The molecule has 0 fully saturated rings. The van der Waals surface area contributed by atoms with Gasteiger partial charge in [-0.05, 0) is 29.5 Å². The third kappa shape index (κ3) is 2.98. The van der Waals surface area contributed by atoms with Crippen LogP contribution in [0, 0.1) is 16.7 Å². The average molecular weight is 354 g/mol. The van der Waals surface area contributed by atoms with Crippen LogP contribution in [0.3, 0.4) is 0 Å². The molecule has 1 aliphatic rings. The number of benzene rings is 2. The normalized spacial score (nSPS) is 15.2. The minimum Gasteiger partial charge on any atom is -0.313 e. The highest BCUT2D eigenvalue weighted by molar-refractivity contribution is 6.02.